The highest BCUT2D eigenvalue weighted by molar-refractivity contribution is 6.31. The zero-order valence-electron chi connectivity index (χ0n) is 11.5. The van der Waals surface area contributed by atoms with Gasteiger partial charge in [0.1, 0.15) is 0 Å². The van der Waals surface area contributed by atoms with Gasteiger partial charge in [0.15, 0.2) is 0 Å². The summed E-state index contributed by atoms with van der Waals surface area (Å²) >= 11 is 12.2. The minimum absolute atomic E-state index is 0.653. The first-order valence-electron chi connectivity index (χ1n) is 6.64. The fourth-order valence-corrected chi connectivity index (χ4v) is 2.44. The zero-order chi connectivity index (χ0) is 13.5. The Hall–Kier alpha value is -0.250. The summed E-state index contributed by atoms with van der Waals surface area (Å²) in [5, 5.41) is 5.25. The number of hydrogen-bond donors (Lipinski definition) is 0. The van der Waals surface area contributed by atoms with Gasteiger partial charge >= 0.3 is 0 Å². The van der Waals surface area contributed by atoms with Gasteiger partial charge in [-0.15, -0.1) is 11.6 Å². The number of hydrogen-bond acceptors (Lipinski definition) is 2. The Morgan fingerprint density at radius 3 is 2.56 bits per heavy atom. The maximum absolute atomic E-state index is 6.33. The second kappa shape index (κ2) is 8.03. The van der Waals surface area contributed by atoms with Crippen LogP contribution >= 0.6 is 23.2 Å². The summed E-state index contributed by atoms with van der Waals surface area (Å²) < 4.78 is 1.99. The molecule has 0 aliphatic rings. The smallest absolute Gasteiger partial charge is 0.0860 e. The van der Waals surface area contributed by atoms with E-state index in [0.717, 1.165) is 42.6 Å². The van der Waals surface area contributed by atoms with Gasteiger partial charge in [0.2, 0.25) is 0 Å². The van der Waals surface area contributed by atoms with Gasteiger partial charge in [-0.3, -0.25) is 9.58 Å². The number of aryl methyl sites for hydroxylation is 2. The van der Waals surface area contributed by atoms with Crippen molar-refractivity contribution in [1.82, 2.24) is 14.7 Å². The van der Waals surface area contributed by atoms with Crippen molar-refractivity contribution in [3.8, 4) is 0 Å². The fraction of sp³-hybridized carbons (Fsp3) is 0.769. The largest absolute Gasteiger partial charge is 0.296 e. The number of unbranched alkanes of at least 4 members (excludes halogenated alkanes) is 1. The van der Waals surface area contributed by atoms with Crippen molar-refractivity contribution in [2.75, 3.05) is 19.0 Å². The summed E-state index contributed by atoms with van der Waals surface area (Å²) in [7, 11) is 0. The van der Waals surface area contributed by atoms with Gasteiger partial charge < -0.3 is 0 Å². The predicted molar refractivity (Wildman–Crippen MR) is 78.6 cm³/mol. The van der Waals surface area contributed by atoms with Crippen LogP contribution < -0.4 is 0 Å². The zero-order valence-corrected chi connectivity index (χ0v) is 13.1. The third-order valence-corrected chi connectivity index (χ3v) is 3.72. The van der Waals surface area contributed by atoms with Crippen LogP contribution in [0.3, 0.4) is 0 Å². The second-order valence-electron chi connectivity index (χ2n) is 4.48. The van der Waals surface area contributed by atoms with Crippen molar-refractivity contribution in [2.45, 2.75) is 46.7 Å². The van der Waals surface area contributed by atoms with E-state index in [4.69, 9.17) is 23.2 Å². The first-order chi connectivity index (χ1) is 8.63. The van der Waals surface area contributed by atoms with E-state index in [1.165, 1.54) is 12.8 Å². The standard InChI is InChI=1S/C13H23Cl2N3/c1-4-6-8-17(9-7-14)10-12-13(15)11(3)16-18(12)5-2/h4-10H2,1-3H3. The number of halogens is 2. The van der Waals surface area contributed by atoms with Crippen LogP contribution in [0.15, 0.2) is 0 Å². The minimum Gasteiger partial charge on any atom is -0.296 e. The molecule has 0 aliphatic heterocycles. The van der Waals surface area contributed by atoms with Gasteiger partial charge in [-0.05, 0) is 26.8 Å². The summed E-state index contributed by atoms with van der Waals surface area (Å²) in [5.74, 6) is 0.653. The van der Waals surface area contributed by atoms with Crippen molar-refractivity contribution in [3.05, 3.63) is 16.4 Å². The van der Waals surface area contributed by atoms with Crippen LogP contribution in [0.4, 0.5) is 0 Å². The fourth-order valence-electron chi connectivity index (χ4n) is 2.00. The van der Waals surface area contributed by atoms with E-state index in [-0.39, 0.29) is 0 Å². The van der Waals surface area contributed by atoms with E-state index in [9.17, 15) is 0 Å². The van der Waals surface area contributed by atoms with E-state index < -0.39 is 0 Å². The molecule has 104 valence electrons. The molecule has 0 aromatic carbocycles. The lowest BCUT2D eigenvalue weighted by atomic mass is 10.3. The number of nitrogens with zero attached hydrogens (tertiary/aromatic N) is 3. The molecular weight excluding hydrogens is 269 g/mol. The van der Waals surface area contributed by atoms with Crippen molar-refractivity contribution >= 4 is 23.2 Å². The summed E-state index contributed by atoms with van der Waals surface area (Å²) in [4.78, 5) is 2.35. The molecule has 0 fully saturated rings. The quantitative estimate of drug-likeness (QED) is 0.681. The number of rotatable bonds is 8. The van der Waals surface area contributed by atoms with E-state index in [0.29, 0.717) is 5.88 Å². The Morgan fingerprint density at radius 2 is 2.00 bits per heavy atom. The van der Waals surface area contributed by atoms with Gasteiger partial charge in [-0.1, -0.05) is 24.9 Å². The Morgan fingerprint density at radius 1 is 1.28 bits per heavy atom. The molecule has 0 saturated heterocycles. The average Bonchev–Trinajstić information content (AvgIpc) is 2.63. The van der Waals surface area contributed by atoms with Gasteiger partial charge in [-0.2, -0.15) is 5.10 Å². The Kier molecular flexibility index (Phi) is 7.05. The Labute approximate surface area is 120 Å². The molecule has 0 radical (unpaired) electrons. The summed E-state index contributed by atoms with van der Waals surface area (Å²) in [6, 6.07) is 0. The highest BCUT2D eigenvalue weighted by Gasteiger charge is 2.15. The summed E-state index contributed by atoms with van der Waals surface area (Å²) in [6.07, 6.45) is 2.38. The number of aromatic nitrogens is 2. The molecule has 1 heterocycles. The van der Waals surface area contributed by atoms with Crippen LogP contribution in [0.2, 0.25) is 5.02 Å². The molecule has 1 aromatic heterocycles. The highest BCUT2D eigenvalue weighted by Crippen LogP contribution is 2.22. The molecule has 5 heteroatoms. The molecule has 1 aromatic rings. The highest BCUT2D eigenvalue weighted by atomic mass is 35.5. The molecule has 0 bridgehead atoms. The van der Waals surface area contributed by atoms with Gasteiger partial charge in [0, 0.05) is 25.5 Å². The average molecular weight is 292 g/mol. The van der Waals surface area contributed by atoms with Crippen LogP contribution in [-0.2, 0) is 13.1 Å². The SMILES string of the molecule is CCCCN(CCCl)Cc1c(Cl)c(C)nn1CC. The molecule has 0 unspecified atom stereocenters. The first-order valence-corrected chi connectivity index (χ1v) is 7.55. The lowest BCUT2D eigenvalue weighted by Crippen LogP contribution is -2.28. The molecule has 3 nitrogen and oxygen atoms in total. The third kappa shape index (κ3) is 4.15. The van der Waals surface area contributed by atoms with E-state index in [1.807, 2.05) is 11.6 Å². The van der Waals surface area contributed by atoms with E-state index >= 15 is 0 Å². The minimum atomic E-state index is 0.653. The van der Waals surface area contributed by atoms with Gasteiger partial charge in [0.25, 0.3) is 0 Å². The topological polar surface area (TPSA) is 21.1 Å². The summed E-state index contributed by atoms with van der Waals surface area (Å²) in [5.41, 5.74) is 2.02. The predicted octanol–water partition coefficient (Wildman–Crippen LogP) is 3.71. The molecule has 18 heavy (non-hydrogen) atoms. The van der Waals surface area contributed by atoms with Crippen molar-refractivity contribution in [2.24, 2.45) is 0 Å². The second-order valence-corrected chi connectivity index (χ2v) is 5.24. The monoisotopic (exact) mass is 291 g/mol. The molecular formula is C13H23Cl2N3. The van der Waals surface area contributed by atoms with E-state index in [1.54, 1.807) is 0 Å². The van der Waals surface area contributed by atoms with Crippen LogP contribution in [0.1, 0.15) is 38.1 Å². The molecule has 0 aliphatic carbocycles. The molecule has 0 atom stereocenters. The molecule has 0 amide bonds. The Bertz CT molecular complexity index is 363. The van der Waals surface area contributed by atoms with Crippen molar-refractivity contribution in [3.63, 3.8) is 0 Å². The normalized spacial score (nSPS) is 11.4. The van der Waals surface area contributed by atoms with Crippen molar-refractivity contribution < 1.29 is 0 Å². The molecule has 1 rings (SSSR count). The lowest BCUT2D eigenvalue weighted by Gasteiger charge is -2.21. The van der Waals surface area contributed by atoms with Crippen molar-refractivity contribution in [1.29, 1.82) is 0 Å². The Balaban J connectivity index is 2.78. The number of alkyl halides is 1. The van der Waals surface area contributed by atoms with Gasteiger partial charge in [0.05, 0.1) is 16.4 Å². The maximum atomic E-state index is 6.33. The van der Waals surface area contributed by atoms with Crippen LogP contribution in [-0.4, -0.2) is 33.6 Å². The molecule has 0 spiro atoms. The molecule has 0 saturated carbocycles. The van der Waals surface area contributed by atoms with Crippen LogP contribution in [0.25, 0.3) is 0 Å². The maximum Gasteiger partial charge on any atom is 0.0860 e. The van der Waals surface area contributed by atoms with E-state index in [2.05, 4.69) is 23.8 Å². The van der Waals surface area contributed by atoms with Crippen LogP contribution in [0.5, 0.6) is 0 Å². The van der Waals surface area contributed by atoms with Crippen LogP contribution in [0, 0.1) is 6.92 Å². The first kappa shape index (κ1) is 15.8. The third-order valence-electron chi connectivity index (χ3n) is 3.05. The lowest BCUT2D eigenvalue weighted by molar-refractivity contribution is 0.268. The molecule has 0 N–H and O–H groups in total. The van der Waals surface area contributed by atoms with Gasteiger partial charge in [-0.25, -0.2) is 0 Å². The summed E-state index contributed by atoms with van der Waals surface area (Å²) in [6.45, 7) is 9.89.